The van der Waals surface area contributed by atoms with Crippen LogP contribution in [0.4, 0.5) is 0 Å². The van der Waals surface area contributed by atoms with Crippen molar-refractivity contribution in [2.75, 3.05) is 5.75 Å². The third-order valence-electron chi connectivity index (χ3n) is 3.00. The number of carbonyl (C=O) groups excluding carboxylic acids is 2. The minimum Gasteiger partial charge on any atom is -0.548 e. The van der Waals surface area contributed by atoms with Crippen LogP contribution in [0.3, 0.4) is 0 Å². The average Bonchev–Trinajstić information content (AvgIpc) is 2.95. The molecule has 0 aromatic carbocycles. The monoisotopic (exact) mass is 282 g/mol. The van der Waals surface area contributed by atoms with Crippen molar-refractivity contribution in [2.24, 2.45) is 5.92 Å². The van der Waals surface area contributed by atoms with Gasteiger partial charge in [0.15, 0.2) is 5.76 Å². The topological polar surface area (TPSA) is 73.6 Å². The van der Waals surface area contributed by atoms with E-state index in [0.717, 1.165) is 6.42 Å². The number of aliphatic carboxylic acids is 1. The Morgan fingerprint density at radius 1 is 1.58 bits per heavy atom. The molecule has 2 atom stereocenters. The molecule has 0 aliphatic carbocycles. The van der Waals surface area contributed by atoms with E-state index in [2.05, 4.69) is 0 Å². The third kappa shape index (κ3) is 2.94. The van der Waals surface area contributed by atoms with Gasteiger partial charge in [0.05, 0.1) is 23.6 Å². The lowest BCUT2D eigenvalue weighted by Crippen LogP contribution is -2.50. The quantitative estimate of drug-likeness (QED) is 0.822. The highest BCUT2D eigenvalue weighted by atomic mass is 32.2. The minimum absolute atomic E-state index is 0.138. The fraction of sp³-hybridized carbons (Fsp3) is 0.538. The molecule has 1 fully saturated rings. The van der Waals surface area contributed by atoms with E-state index in [1.807, 2.05) is 13.8 Å². The highest BCUT2D eigenvalue weighted by Crippen LogP contribution is 2.34. The first kappa shape index (κ1) is 14.0. The van der Waals surface area contributed by atoms with Crippen molar-refractivity contribution in [1.82, 2.24) is 4.90 Å². The Balaban J connectivity index is 2.23. The smallest absolute Gasteiger partial charge is 0.291 e. The summed E-state index contributed by atoms with van der Waals surface area (Å²) in [5.74, 6) is -0.674. The van der Waals surface area contributed by atoms with Crippen molar-refractivity contribution in [1.29, 1.82) is 0 Å². The lowest BCUT2D eigenvalue weighted by molar-refractivity contribution is -0.310. The fourth-order valence-electron chi connectivity index (χ4n) is 2.13. The molecule has 1 aliphatic heterocycles. The van der Waals surface area contributed by atoms with Gasteiger partial charge in [0.25, 0.3) is 5.91 Å². The van der Waals surface area contributed by atoms with Gasteiger partial charge in [-0.15, -0.1) is 11.8 Å². The van der Waals surface area contributed by atoms with Crippen molar-refractivity contribution in [2.45, 2.75) is 31.7 Å². The number of hydrogen-bond acceptors (Lipinski definition) is 5. The molecule has 0 radical (unpaired) electrons. The first-order valence-electron chi connectivity index (χ1n) is 6.19. The van der Waals surface area contributed by atoms with Crippen LogP contribution in [0.1, 0.15) is 30.8 Å². The van der Waals surface area contributed by atoms with Gasteiger partial charge >= 0.3 is 0 Å². The highest BCUT2D eigenvalue weighted by Gasteiger charge is 2.39. The molecule has 1 aliphatic rings. The molecule has 0 saturated carbocycles. The maximum absolute atomic E-state index is 12.3. The summed E-state index contributed by atoms with van der Waals surface area (Å²) in [4.78, 5) is 24.9. The SMILES string of the molecule is CC(C)C[C@@H]1SC[C@@H](C(=O)[O-])N1C(=O)c1ccco1. The van der Waals surface area contributed by atoms with E-state index in [1.54, 1.807) is 12.1 Å². The average molecular weight is 282 g/mol. The zero-order valence-electron chi connectivity index (χ0n) is 10.9. The minimum atomic E-state index is -1.21. The normalized spacial score (nSPS) is 23.0. The summed E-state index contributed by atoms with van der Waals surface area (Å²) in [5, 5.41) is 11.0. The summed E-state index contributed by atoms with van der Waals surface area (Å²) in [6.07, 6.45) is 2.16. The van der Waals surface area contributed by atoms with Crippen LogP contribution in [0, 0.1) is 5.92 Å². The number of amides is 1. The number of furan rings is 1. The molecule has 5 nitrogen and oxygen atoms in total. The summed E-state index contributed by atoms with van der Waals surface area (Å²) >= 11 is 1.48. The van der Waals surface area contributed by atoms with Crippen LogP contribution >= 0.6 is 11.8 Å². The van der Waals surface area contributed by atoms with Crippen molar-refractivity contribution in [3.8, 4) is 0 Å². The number of carboxylic acids is 1. The summed E-state index contributed by atoms with van der Waals surface area (Å²) in [7, 11) is 0. The molecule has 2 heterocycles. The molecule has 1 aromatic rings. The van der Waals surface area contributed by atoms with Gasteiger partial charge in [-0.3, -0.25) is 4.79 Å². The van der Waals surface area contributed by atoms with Crippen LogP contribution < -0.4 is 5.11 Å². The second-order valence-electron chi connectivity index (χ2n) is 4.94. The number of carboxylic acid groups (broad SMARTS) is 1. The van der Waals surface area contributed by atoms with Gasteiger partial charge in [-0.1, -0.05) is 13.8 Å². The van der Waals surface area contributed by atoms with E-state index in [1.165, 1.54) is 22.9 Å². The van der Waals surface area contributed by atoms with Gasteiger partial charge < -0.3 is 19.2 Å². The zero-order valence-corrected chi connectivity index (χ0v) is 11.7. The lowest BCUT2D eigenvalue weighted by Gasteiger charge is -2.30. The molecule has 0 bridgehead atoms. The van der Waals surface area contributed by atoms with Gasteiger partial charge in [0.1, 0.15) is 0 Å². The number of rotatable bonds is 4. The van der Waals surface area contributed by atoms with Crippen LogP contribution in [-0.4, -0.2) is 33.9 Å². The Labute approximate surface area is 116 Å². The van der Waals surface area contributed by atoms with Gasteiger partial charge in [-0.25, -0.2) is 0 Å². The Hall–Kier alpha value is -1.43. The van der Waals surface area contributed by atoms with Crippen molar-refractivity contribution >= 4 is 23.6 Å². The maximum atomic E-state index is 12.3. The van der Waals surface area contributed by atoms with Gasteiger partial charge in [0.2, 0.25) is 0 Å². The molecule has 2 rings (SSSR count). The highest BCUT2D eigenvalue weighted by molar-refractivity contribution is 8.00. The number of carbonyl (C=O) groups is 2. The Morgan fingerprint density at radius 3 is 2.84 bits per heavy atom. The predicted octanol–water partition coefficient (Wildman–Crippen LogP) is 0.959. The molecule has 1 saturated heterocycles. The molecule has 6 heteroatoms. The summed E-state index contributed by atoms with van der Waals surface area (Å²) in [6.45, 7) is 4.09. The molecule has 1 aromatic heterocycles. The number of thioether (sulfide) groups is 1. The zero-order chi connectivity index (χ0) is 14.0. The van der Waals surface area contributed by atoms with Crippen molar-refractivity contribution in [3.05, 3.63) is 24.2 Å². The molecule has 1 amide bonds. The van der Waals surface area contributed by atoms with Crippen LogP contribution in [0.15, 0.2) is 22.8 Å². The Bertz CT molecular complexity index is 457. The Morgan fingerprint density at radius 2 is 2.32 bits per heavy atom. The molecular formula is C13H16NO4S-. The molecule has 0 N–H and O–H groups in total. The van der Waals surface area contributed by atoms with E-state index in [9.17, 15) is 14.7 Å². The van der Waals surface area contributed by atoms with Crippen LogP contribution in [0.25, 0.3) is 0 Å². The van der Waals surface area contributed by atoms with Crippen LogP contribution in [0.5, 0.6) is 0 Å². The van der Waals surface area contributed by atoms with E-state index < -0.39 is 12.0 Å². The molecule has 0 unspecified atom stereocenters. The van der Waals surface area contributed by atoms with Crippen molar-refractivity contribution < 1.29 is 19.1 Å². The largest absolute Gasteiger partial charge is 0.548 e. The molecular weight excluding hydrogens is 266 g/mol. The first-order chi connectivity index (χ1) is 9.00. The first-order valence-corrected chi connectivity index (χ1v) is 7.24. The molecule has 0 spiro atoms. The summed E-state index contributed by atoms with van der Waals surface area (Å²) in [6, 6.07) is 2.28. The fourth-order valence-corrected chi connectivity index (χ4v) is 3.76. The van der Waals surface area contributed by atoms with Crippen molar-refractivity contribution in [3.63, 3.8) is 0 Å². The second kappa shape index (κ2) is 5.69. The number of hydrogen-bond donors (Lipinski definition) is 0. The predicted molar refractivity (Wildman–Crippen MR) is 69.4 cm³/mol. The molecule has 104 valence electrons. The maximum Gasteiger partial charge on any atom is 0.291 e. The van der Waals surface area contributed by atoms with E-state index >= 15 is 0 Å². The van der Waals surface area contributed by atoms with Gasteiger partial charge in [-0.2, -0.15) is 0 Å². The number of nitrogens with zero attached hydrogens (tertiary/aromatic N) is 1. The second-order valence-corrected chi connectivity index (χ2v) is 6.15. The van der Waals surface area contributed by atoms with Crippen LogP contribution in [0.2, 0.25) is 0 Å². The van der Waals surface area contributed by atoms with Gasteiger partial charge in [-0.05, 0) is 24.5 Å². The summed E-state index contributed by atoms with van der Waals surface area (Å²) in [5.41, 5.74) is 0. The van der Waals surface area contributed by atoms with E-state index in [0.29, 0.717) is 11.7 Å². The van der Waals surface area contributed by atoms with E-state index in [4.69, 9.17) is 4.42 Å². The third-order valence-corrected chi connectivity index (χ3v) is 4.32. The lowest BCUT2D eigenvalue weighted by atomic mass is 10.1. The van der Waals surface area contributed by atoms with Crippen LogP contribution in [-0.2, 0) is 4.79 Å². The summed E-state index contributed by atoms with van der Waals surface area (Å²) < 4.78 is 5.08. The Kier molecular flexibility index (Phi) is 4.19. The standard InChI is InChI=1S/C13H17NO4S/c1-8(2)6-11-14(9(7-19-11)13(16)17)12(15)10-4-3-5-18-10/h3-5,8-9,11H,6-7H2,1-2H3,(H,16,17)/p-1/t9-,11-/m0/s1. The van der Waals surface area contributed by atoms with E-state index in [-0.39, 0.29) is 17.0 Å². The van der Waals surface area contributed by atoms with Gasteiger partial charge in [0, 0.05) is 5.75 Å². The molecule has 19 heavy (non-hydrogen) atoms.